The van der Waals surface area contributed by atoms with Gasteiger partial charge < -0.3 is 73.1 Å². The Morgan fingerprint density at radius 2 is 0.452 bits per heavy atom. The number of hydrogen-bond donors (Lipinski definition) is 0. The predicted molar refractivity (Wildman–Crippen MR) is 533 cm³/mol. The fraction of sp³-hybridized carbons (Fsp3) is 0.467. The van der Waals surface area contributed by atoms with Crippen LogP contribution in [-0.4, -0.2) is 169 Å². The summed E-state index contributed by atoms with van der Waals surface area (Å²) in [6.45, 7) is 59.2. The number of ether oxygens (including phenoxy) is 5. The molecule has 0 amide bonds. The van der Waals surface area contributed by atoms with Crippen molar-refractivity contribution in [1.29, 1.82) is 0 Å². The van der Waals surface area contributed by atoms with Gasteiger partial charge >= 0.3 is 98.3 Å². The van der Waals surface area contributed by atoms with E-state index in [0.717, 1.165) is 82.0 Å². The van der Waals surface area contributed by atoms with Crippen molar-refractivity contribution in [3.05, 3.63) is 266 Å². The van der Waals surface area contributed by atoms with Crippen molar-refractivity contribution in [3.8, 4) is 0 Å². The maximum absolute atomic E-state index is 12.0. The Balaban J connectivity index is 0.000000395. The van der Waals surface area contributed by atoms with Crippen LogP contribution in [0.2, 0.25) is 127 Å². The number of aryl methyl sites for hydroxylation is 4. The van der Waals surface area contributed by atoms with Crippen molar-refractivity contribution in [3.63, 3.8) is 0 Å². The normalized spacial score (nSPS) is 25.2. The van der Waals surface area contributed by atoms with Crippen molar-refractivity contribution < 1.29 is 97.0 Å². The molecular weight excluding hydrogens is 1790 g/mol. The highest BCUT2D eigenvalue weighted by atomic mass is 28.5. The summed E-state index contributed by atoms with van der Waals surface area (Å²) >= 11 is 0. The van der Waals surface area contributed by atoms with Gasteiger partial charge in [0.25, 0.3) is 37.1 Å². The first-order valence-electron chi connectivity index (χ1n) is 44.2. The quantitative estimate of drug-likeness (QED) is 0.00882. The van der Waals surface area contributed by atoms with E-state index in [1.165, 1.54) is 33.9 Å². The van der Waals surface area contributed by atoms with Crippen LogP contribution in [0, 0.1) is 0 Å². The van der Waals surface area contributed by atoms with E-state index < -0.39 is 129 Å². The summed E-state index contributed by atoms with van der Waals surface area (Å²) in [5, 5.41) is 0. The molecule has 696 valence electrons. The van der Waals surface area contributed by atoms with Crippen molar-refractivity contribution in [1.82, 2.24) is 0 Å². The number of benzene rings is 5. The first kappa shape index (κ1) is 112. The molecule has 0 aromatic heterocycles. The minimum Gasteiger partial charge on any atom is -0.462 e. The Bertz CT molecular complexity index is 3690. The van der Waals surface area contributed by atoms with E-state index >= 15 is 0 Å². The smallest absolute Gasteiger partial charge is 0.333 e. The summed E-state index contributed by atoms with van der Waals surface area (Å²) in [5.41, 5.74) is 8.50. The molecule has 3 saturated heterocycles. The van der Waals surface area contributed by atoms with E-state index in [9.17, 15) is 24.0 Å². The standard InChI is InChI=1S/C40H56O4Si4.C32H56O12Si4.C9H10.C7H10O2.C4H16O4Si4/c1-45(33-17-29-37-21-9-5-10-22-37)41-46(2,34-18-30-38-23-11-6-12-24-38)43-48(4,36-20-32-40-27-15-8-16-28-40)44-47(3,42-45)35-19-31-39-25-13-7-14-26-39;1-25(2)29(33)37-17-13-21-45(9)41-46(10,22-14-18-38-30(34)26(3)4)43-48(12,24-16-20-40-32(36)28(7)8)44-47(11,42-45)23-15-19-39-31(35)27(5)6;1-2-6-9-7-4-3-5-8-9;1-4-5-9-7(8)6(2)3;1-9-5-10(2)7-12(4)8-11(3)6-9/h5-16,21-28H,17-20,29-36H2,1-4H3;1,3,5,7,13-24H2,2,4,6,8-12H3;2-5,7-8H,1,6H2;4H,1-2,5H2,3H3;9-12H,1-4H3. The Morgan fingerprint density at radius 1 is 0.278 bits per heavy atom. The maximum atomic E-state index is 12.0. The number of hydrogen-bond acceptors (Lipinski definition) is 22. The van der Waals surface area contributed by atoms with Crippen molar-refractivity contribution in [2.45, 2.75) is 245 Å². The van der Waals surface area contributed by atoms with E-state index in [0.29, 0.717) is 77.7 Å². The van der Waals surface area contributed by atoms with Gasteiger partial charge in [0.05, 0.1) is 26.4 Å². The van der Waals surface area contributed by atoms with Gasteiger partial charge in [-0.3, -0.25) is 0 Å². The maximum Gasteiger partial charge on any atom is 0.333 e. The molecule has 22 nitrogen and oxygen atoms in total. The fourth-order valence-electron chi connectivity index (χ4n) is 14.6. The van der Waals surface area contributed by atoms with Crippen LogP contribution >= 0.6 is 0 Å². The largest absolute Gasteiger partial charge is 0.462 e. The van der Waals surface area contributed by atoms with Crippen molar-refractivity contribution in [2.24, 2.45) is 0 Å². The Morgan fingerprint density at radius 3 is 0.627 bits per heavy atom. The highest BCUT2D eigenvalue weighted by molar-refractivity contribution is 6.95. The van der Waals surface area contributed by atoms with E-state index in [1.54, 1.807) is 34.6 Å². The van der Waals surface area contributed by atoms with Crippen LogP contribution in [0.3, 0.4) is 0 Å². The lowest BCUT2D eigenvalue weighted by Crippen LogP contribution is -2.67. The molecule has 0 N–H and O–H groups in total. The minimum atomic E-state index is -3.06. The summed E-state index contributed by atoms with van der Waals surface area (Å²) in [6, 6.07) is 59.4. The second-order valence-electron chi connectivity index (χ2n) is 33.8. The molecule has 5 aromatic carbocycles. The van der Waals surface area contributed by atoms with Gasteiger partial charge in [-0.15, -0.1) is 6.58 Å². The summed E-state index contributed by atoms with van der Waals surface area (Å²) < 4.78 is 107. The van der Waals surface area contributed by atoms with Gasteiger partial charge in [0.1, 0.15) is 6.61 Å². The predicted octanol–water partition coefficient (Wildman–Crippen LogP) is 20.5. The topological polar surface area (TPSA) is 242 Å². The molecule has 3 heterocycles. The molecule has 0 spiro atoms. The lowest BCUT2D eigenvalue weighted by Gasteiger charge is -2.50. The van der Waals surface area contributed by atoms with Gasteiger partial charge in [-0.25, -0.2) is 24.0 Å². The zero-order valence-electron chi connectivity index (χ0n) is 78.7. The fourth-order valence-corrected chi connectivity index (χ4v) is 73.1. The molecule has 0 bridgehead atoms. The summed E-state index contributed by atoms with van der Waals surface area (Å²) in [4.78, 5) is 58.5. The third kappa shape index (κ3) is 47.0. The van der Waals surface area contributed by atoms with Crippen LogP contribution in [0.15, 0.2) is 238 Å². The molecule has 126 heavy (non-hydrogen) atoms. The van der Waals surface area contributed by atoms with Crippen LogP contribution in [0.25, 0.3) is 0 Å². The lowest BCUT2D eigenvalue weighted by molar-refractivity contribution is -0.139. The lowest BCUT2D eigenvalue weighted by atomic mass is 10.1. The number of carbonyl (C=O) groups is 5. The van der Waals surface area contributed by atoms with E-state index in [-0.39, 0.29) is 39.0 Å². The first-order chi connectivity index (χ1) is 59.5. The molecule has 34 heteroatoms. The van der Waals surface area contributed by atoms with Crippen LogP contribution in [0.1, 0.15) is 114 Å². The van der Waals surface area contributed by atoms with Gasteiger partial charge in [0, 0.05) is 27.9 Å². The van der Waals surface area contributed by atoms with Gasteiger partial charge in [-0.05, 0) is 273 Å². The third-order valence-corrected chi connectivity index (χ3v) is 70.1. The van der Waals surface area contributed by atoms with Crippen molar-refractivity contribution in [2.75, 3.05) is 33.0 Å². The van der Waals surface area contributed by atoms with Gasteiger partial charge in [-0.2, -0.15) is 0 Å². The molecule has 3 fully saturated rings. The van der Waals surface area contributed by atoms with Gasteiger partial charge in [0.2, 0.25) is 0 Å². The molecule has 0 radical (unpaired) electrons. The number of allylic oxidation sites excluding steroid dienone is 1. The van der Waals surface area contributed by atoms with Crippen molar-refractivity contribution >= 4 is 135 Å². The second kappa shape index (κ2) is 57.8. The van der Waals surface area contributed by atoms with Crippen LogP contribution in [-0.2, 0) is 129 Å². The summed E-state index contributed by atoms with van der Waals surface area (Å²) in [5.74, 6) is -2.21. The first-order valence-corrected chi connectivity index (χ1v) is 72.8. The summed E-state index contributed by atoms with van der Waals surface area (Å²) in [6.07, 6.45) is 14.7. The monoisotopic (exact) mass is 1940 g/mol. The highest BCUT2D eigenvalue weighted by Crippen LogP contribution is 2.42. The number of carbonyl (C=O) groups excluding carboxylic acids is 5. The molecule has 5 aromatic rings. The molecule has 3 aliphatic rings. The molecule has 8 rings (SSSR count). The molecule has 0 saturated carbocycles. The zero-order valence-corrected chi connectivity index (χ0v) is 91.3. The Kier molecular flexibility index (Phi) is 51.4. The number of esters is 5. The summed E-state index contributed by atoms with van der Waals surface area (Å²) in [7, 11) is -28.5. The average Bonchev–Trinajstić information content (AvgIpc) is 0.756. The molecule has 3 aliphatic heterocycles. The SMILES string of the molecule is C=C(C)C(=O)OCCC[Si]1(C)O[Si](C)(CCCOC(=O)C(=C)C)O[Si](C)(CCCOC(=O)C(=C)C)O[Si](C)(CCCOC(=O)C(=C)C)O1.C=CCOC(=O)C(=C)C.C=CCc1ccccc1.C[SiH]1O[SiH](C)O[SiH](C)O[SiH](C)O1.C[Si]1(CCCc2ccccc2)O[Si](C)(CCCc2ccccc2)O[Si](C)(CCCc2ccccc2)O[Si](C)(CCCc2ccccc2)O1. The Labute approximate surface area is 770 Å². The van der Waals surface area contributed by atoms with Crippen LogP contribution in [0.5, 0.6) is 0 Å². The van der Waals surface area contributed by atoms with E-state index in [2.05, 4.69) is 210 Å². The average molecular weight is 1940 g/mol. The number of rotatable bonds is 41. The minimum absolute atomic E-state index is 0.169. The van der Waals surface area contributed by atoms with Crippen LogP contribution in [0.4, 0.5) is 0 Å². The molecular formula is C92H148O22Si12. The van der Waals surface area contributed by atoms with E-state index in [1.807, 2.05) is 76.7 Å². The Hall–Kier alpha value is -6.25. The van der Waals surface area contributed by atoms with Gasteiger partial charge in [-0.1, -0.05) is 203 Å². The van der Waals surface area contributed by atoms with E-state index in [4.69, 9.17) is 68.3 Å². The molecule has 0 atom stereocenters. The zero-order chi connectivity index (χ0) is 93.5. The molecule has 0 aliphatic carbocycles. The highest BCUT2D eigenvalue weighted by Gasteiger charge is 2.58. The second-order valence-corrected chi connectivity index (χ2v) is 71.4. The third-order valence-electron chi connectivity index (χ3n) is 20.1. The molecule has 0 unspecified atom stereocenters. The van der Waals surface area contributed by atoms with Crippen LogP contribution < -0.4 is 0 Å². The van der Waals surface area contributed by atoms with Gasteiger partial charge in [0.15, 0.2) is 0 Å².